The van der Waals surface area contributed by atoms with Gasteiger partial charge in [-0.1, -0.05) is 28.1 Å². The molecule has 0 spiro atoms. The molecule has 0 unspecified atom stereocenters. The summed E-state index contributed by atoms with van der Waals surface area (Å²) >= 11 is 3.36. The summed E-state index contributed by atoms with van der Waals surface area (Å²) in [6.07, 6.45) is 4.18. The van der Waals surface area contributed by atoms with Crippen LogP contribution in [-0.2, 0) is 10.0 Å². The topological polar surface area (TPSA) is 49.4 Å². The molecular weight excluding hydrogens is 328 g/mol. The van der Waals surface area contributed by atoms with E-state index in [2.05, 4.69) is 37.7 Å². The molecule has 1 heterocycles. The standard InChI is InChI=1S/C13H17BrN2O2S/c1-11-10-12(4-5-13(11)14)19(17,18)15-6-9-16-7-2-3-8-16/h2-5,10,15H,6-9H2,1H3. The summed E-state index contributed by atoms with van der Waals surface area (Å²) < 4.78 is 27.8. The normalized spacial score (nSPS) is 16.1. The molecule has 19 heavy (non-hydrogen) atoms. The molecule has 0 bridgehead atoms. The third kappa shape index (κ3) is 3.89. The Morgan fingerprint density at radius 3 is 2.63 bits per heavy atom. The van der Waals surface area contributed by atoms with Crippen molar-refractivity contribution in [3.8, 4) is 0 Å². The van der Waals surface area contributed by atoms with Crippen LogP contribution in [-0.4, -0.2) is 39.5 Å². The van der Waals surface area contributed by atoms with Crippen LogP contribution in [0.5, 0.6) is 0 Å². The summed E-state index contributed by atoms with van der Waals surface area (Å²) in [6.45, 7) is 4.83. The lowest BCUT2D eigenvalue weighted by atomic mass is 10.2. The highest BCUT2D eigenvalue weighted by atomic mass is 79.9. The third-order valence-electron chi connectivity index (χ3n) is 3.05. The molecular formula is C13H17BrN2O2S. The van der Waals surface area contributed by atoms with Gasteiger partial charge in [-0.25, -0.2) is 13.1 Å². The van der Waals surface area contributed by atoms with Crippen molar-refractivity contribution in [2.24, 2.45) is 0 Å². The Hall–Kier alpha value is -0.690. The van der Waals surface area contributed by atoms with E-state index >= 15 is 0 Å². The minimum absolute atomic E-state index is 0.313. The minimum atomic E-state index is -3.41. The number of benzene rings is 1. The van der Waals surface area contributed by atoms with E-state index in [1.54, 1.807) is 18.2 Å². The lowest BCUT2D eigenvalue weighted by Crippen LogP contribution is -2.33. The Balaban J connectivity index is 1.95. The number of halogens is 1. The number of sulfonamides is 1. The van der Waals surface area contributed by atoms with Gasteiger partial charge in [-0.3, -0.25) is 4.90 Å². The Labute approximate surface area is 122 Å². The maximum absolute atomic E-state index is 12.1. The molecule has 0 aromatic heterocycles. The van der Waals surface area contributed by atoms with Crippen molar-refractivity contribution in [2.75, 3.05) is 26.2 Å². The summed E-state index contributed by atoms with van der Waals surface area (Å²) in [7, 11) is -3.41. The Kier molecular flexibility index (Phi) is 4.78. The predicted molar refractivity (Wildman–Crippen MR) is 79.6 cm³/mol. The van der Waals surface area contributed by atoms with Crippen LogP contribution in [0, 0.1) is 6.92 Å². The first-order chi connectivity index (χ1) is 8.99. The second-order valence-electron chi connectivity index (χ2n) is 4.54. The summed E-state index contributed by atoms with van der Waals surface area (Å²) in [6, 6.07) is 5.04. The molecule has 1 aromatic rings. The molecule has 1 aromatic carbocycles. The second kappa shape index (κ2) is 6.17. The number of hydrogen-bond donors (Lipinski definition) is 1. The van der Waals surface area contributed by atoms with Gasteiger partial charge in [0.2, 0.25) is 10.0 Å². The van der Waals surface area contributed by atoms with Gasteiger partial charge in [-0.2, -0.15) is 0 Å². The first-order valence-electron chi connectivity index (χ1n) is 6.12. The molecule has 0 fully saturated rings. The van der Waals surface area contributed by atoms with Crippen LogP contribution in [0.3, 0.4) is 0 Å². The number of nitrogens with zero attached hydrogens (tertiary/aromatic N) is 1. The van der Waals surface area contributed by atoms with Crippen molar-refractivity contribution in [2.45, 2.75) is 11.8 Å². The average Bonchev–Trinajstić information content (AvgIpc) is 2.85. The first kappa shape index (κ1) is 14.7. The first-order valence-corrected chi connectivity index (χ1v) is 8.40. The van der Waals surface area contributed by atoms with Crippen molar-refractivity contribution in [1.29, 1.82) is 0 Å². The zero-order chi connectivity index (χ0) is 13.9. The van der Waals surface area contributed by atoms with Crippen LogP contribution in [0.25, 0.3) is 0 Å². The predicted octanol–water partition coefficient (Wildman–Crippen LogP) is 1.91. The SMILES string of the molecule is Cc1cc(S(=O)(=O)NCCN2CC=CC2)ccc1Br. The fourth-order valence-electron chi connectivity index (χ4n) is 1.91. The Morgan fingerprint density at radius 1 is 1.32 bits per heavy atom. The molecule has 0 aliphatic carbocycles. The fourth-order valence-corrected chi connectivity index (χ4v) is 3.26. The molecule has 1 aliphatic rings. The van der Waals surface area contributed by atoms with E-state index in [4.69, 9.17) is 0 Å². The van der Waals surface area contributed by atoms with Gasteiger partial charge in [0.05, 0.1) is 4.90 Å². The average molecular weight is 345 g/mol. The molecule has 2 rings (SSSR count). The van der Waals surface area contributed by atoms with Gasteiger partial charge in [0.1, 0.15) is 0 Å². The van der Waals surface area contributed by atoms with Gasteiger partial charge in [0, 0.05) is 30.7 Å². The van der Waals surface area contributed by atoms with Crippen molar-refractivity contribution in [1.82, 2.24) is 9.62 Å². The number of nitrogens with one attached hydrogen (secondary N) is 1. The van der Waals surface area contributed by atoms with Gasteiger partial charge >= 0.3 is 0 Å². The van der Waals surface area contributed by atoms with E-state index in [9.17, 15) is 8.42 Å². The molecule has 1 N–H and O–H groups in total. The van der Waals surface area contributed by atoms with Crippen molar-refractivity contribution < 1.29 is 8.42 Å². The summed E-state index contributed by atoms with van der Waals surface area (Å²) in [5, 5.41) is 0. The van der Waals surface area contributed by atoms with Crippen molar-refractivity contribution in [3.63, 3.8) is 0 Å². The second-order valence-corrected chi connectivity index (χ2v) is 7.16. The van der Waals surface area contributed by atoms with Crippen LogP contribution in [0.4, 0.5) is 0 Å². The largest absolute Gasteiger partial charge is 0.295 e. The molecule has 0 radical (unpaired) electrons. The minimum Gasteiger partial charge on any atom is -0.295 e. The van der Waals surface area contributed by atoms with Crippen molar-refractivity contribution >= 4 is 26.0 Å². The Morgan fingerprint density at radius 2 is 2.00 bits per heavy atom. The molecule has 1 aliphatic heterocycles. The number of hydrogen-bond acceptors (Lipinski definition) is 3. The highest BCUT2D eigenvalue weighted by Gasteiger charge is 2.15. The summed E-state index contributed by atoms with van der Waals surface area (Å²) in [5.74, 6) is 0. The quantitative estimate of drug-likeness (QED) is 0.830. The van der Waals surface area contributed by atoms with E-state index in [1.165, 1.54) is 0 Å². The molecule has 4 nitrogen and oxygen atoms in total. The van der Waals surface area contributed by atoms with Crippen LogP contribution in [0.1, 0.15) is 5.56 Å². The van der Waals surface area contributed by atoms with E-state index in [0.717, 1.165) is 29.7 Å². The van der Waals surface area contributed by atoms with E-state index < -0.39 is 10.0 Å². The summed E-state index contributed by atoms with van der Waals surface area (Å²) in [4.78, 5) is 2.49. The molecule has 0 saturated carbocycles. The van der Waals surface area contributed by atoms with Crippen LogP contribution in [0.15, 0.2) is 39.7 Å². The number of rotatable bonds is 5. The van der Waals surface area contributed by atoms with Gasteiger partial charge in [0.15, 0.2) is 0 Å². The highest BCUT2D eigenvalue weighted by Crippen LogP contribution is 2.19. The maximum atomic E-state index is 12.1. The highest BCUT2D eigenvalue weighted by molar-refractivity contribution is 9.10. The van der Waals surface area contributed by atoms with Gasteiger partial charge < -0.3 is 0 Å². The maximum Gasteiger partial charge on any atom is 0.240 e. The lowest BCUT2D eigenvalue weighted by molar-refractivity contribution is 0.357. The van der Waals surface area contributed by atoms with Crippen LogP contribution < -0.4 is 4.72 Å². The zero-order valence-electron chi connectivity index (χ0n) is 10.8. The van der Waals surface area contributed by atoms with Gasteiger partial charge in [0.25, 0.3) is 0 Å². The van der Waals surface area contributed by atoms with Crippen LogP contribution >= 0.6 is 15.9 Å². The zero-order valence-corrected chi connectivity index (χ0v) is 13.2. The monoisotopic (exact) mass is 344 g/mol. The Bertz CT molecular complexity index is 576. The van der Waals surface area contributed by atoms with Gasteiger partial charge in [-0.15, -0.1) is 0 Å². The fraction of sp³-hybridized carbons (Fsp3) is 0.385. The molecule has 0 atom stereocenters. The lowest BCUT2D eigenvalue weighted by Gasteiger charge is -2.15. The molecule has 6 heteroatoms. The smallest absolute Gasteiger partial charge is 0.240 e. The van der Waals surface area contributed by atoms with Gasteiger partial charge in [-0.05, 0) is 30.7 Å². The molecule has 0 saturated heterocycles. The van der Waals surface area contributed by atoms with Crippen LogP contribution in [0.2, 0.25) is 0 Å². The molecule has 0 amide bonds. The van der Waals surface area contributed by atoms with E-state index in [-0.39, 0.29) is 0 Å². The summed E-state index contributed by atoms with van der Waals surface area (Å²) in [5.41, 5.74) is 0.909. The molecule has 104 valence electrons. The van der Waals surface area contributed by atoms with E-state index in [0.29, 0.717) is 11.4 Å². The van der Waals surface area contributed by atoms with E-state index in [1.807, 2.05) is 6.92 Å². The number of aryl methyl sites for hydroxylation is 1. The third-order valence-corrected chi connectivity index (χ3v) is 5.40. The van der Waals surface area contributed by atoms with Crippen molar-refractivity contribution in [3.05, 3.63) is 40.4 Å².